The maximum atomic E-state index is 11.4. The number of aromatic amines is 1. The molecular weight excluding hydrogens is 278 g/mol. The number of carboxylic acids is 1. The van der Waals surface area contributed by atoms with E-state index in [1.807, 2.05) is 36.4 Å². The summed E-state index contributed by atoms with van der Waals surface area (Å²) in [6.45, 7) is 0. The van der Waals surface area contributed by atoms with Crippen LogP contribution in [0.2, 0.25) is 0 Å². The number of fused-ring (bicyclic) bond motifs is 1. The molecule has 4 nitrogen and oxygen atoms in total. The number of hydrogen-bond acceptors (Lipinski definition) is 2. The molecule has 2 aromatic carbocycles. The summed E-state index contributed by atoms with van der Waals surface area (Å²) in [7, 11) is 0. The zero-order valence-electron chi connectivity index (χ0n) is 11.9. The largest absolute Gasteiger partial charge is 0.481 e. The van der Waals surface area contributed by atoms with Gasteiger partial charge in [0.2, 0.25) is 0 Å². The van der Waals surface area contributed by atoms with Crippen LogP contribution >= 0.6 is 0 Å². The normalized spacial score (nSPS) is 10.7. The number of rotatable bonds is 5. The lowest BCUT2D eigenvalue weighted by molar-refractivity contribution is -0.136. The standard InChI is InChI=1S/C18H15NO3/c20-11-15-14-7-6-13(10-18(21)22)9-16(14)19-17(15)8-12-4-2-1-3-5-12/h1-7,9,11,19H,8,10H2,(H,21,22). The molecule has 0 atom stereocenters. The maximum absolute atomic E-state index is 11.4. The minimum absolute atomic E-state index is 0.0284. The van der Waals surface area contributed by atoms with Crippen LogP contribution in [0.5, 0.6) is 0 Å². The van der Waals surface area contributed by atoms with Crippen LogP contribution in [0.1, 0.15) is 27.2 Å². The third kappa shape index (κ3) is 2.76. The molecule has 0 aliphatic carbocycles. The van der Waals surface area contributed by atoms with Gasteiger partial charge in [0.05, 0.1) is 6.42 Å². The molecule has 0 bridgehead atoms. The highest BCUT2D eigenvalue weighted by Crippen LogP contribution is 2.24. The maximum Gasteiger partial charge on any atom is 0.307 e. The Labute approximate surface area is 127 Å². The Morgan fingerprint density at radius 1 is 1.09 bits per heavy atom. The van der Waals surface area contributed by atoms with Gasteiger partial charge in [-0.3, -0.25) is 9.59 Å². The third-order valence-electron chi connectivity index (χ3n) is 3.68. The van der Waals surface area contributed by atoms with Crippen LogP contribution in [0, 0.1) is 0 Å². The molecule has 0 saturated heterocycles. The molecule has 0 spiro atoms. The average Bonchev–Trinajstić information content (AvgIpc) is 2.83. The molecule has 0 unspecified atom stereocenters. The second-order valence-electron chi connectivity index (χ2n) is 5.25. The Morgan fingerprint density at radius 3 is 2.55 bits per heavy atom. The highest BCUT2D eigenvalue weighted by molar-refractivity contribution is 5.99. The molecule has 0 radical (unpaired) electrons. The fraction of sp³-hybridized carbons (Fsp3) is 0.111. The zero-order chi connectivity index (χ0) is 15.5. The highest BCUT2D eigenvalue weighted by Gasteiger charge is 2.12. The van der Waals surface area contributed by atoms with E-state index in [4.69, 9.17) is 5.11 Å². The molecule has 3 rings (SSSR count). The van der Waals surface area contributed by atoms with Crippen LogP contribution in [0.15, 0.2) is 48.5 Å². The lowest BCUT2D eigenvalue weighted by Crippen LogP contribution is -1.99. The fourth-order valence-corrected chi connectivity index (χ4v) is 2.68. The number of carboxylic acid groups (broad SMARTS) is 1. The Hall–Kier alpha value is -2.88. The van der Waals surface area contributed by atoms with Crippen LogP contribution in [0.3, 0.4) is 0 Å². The first-order valence-corrected chi connectivity index (χ1v) is 7.02. The number of benzene rings is 2. The van der Waals surface area contributed by atoms with Crippen molar-refractivity contribution in [2.24, 2.45) is 0 Å². The van der Waals surface area contributed by atoms with E-state index >= 15 is 0 Å². The number of hydrogen-bond donors (Lipinski definition) is 2. The van der Waals surface area contributed by atoms with Crippen molar-refractivity contribution < 1.29 is 14.7 Å². The van der Waals surface area contributed by atoms with Gasteiger partial charge in [-0.05, 0) is 17.2 Å². The van der Waals surface area contributed by atoms with Gasteiger partial charge in [-0.2, -0.15) is 0 Å². The fourth-order valence-electron chi connectivity index (χ4n) is 2.68. The molecule has 0 saturated carbocycles. The van der Waals surface area contributed by atoms with E-state index in [0.717, 1.165) is 28.4 Å². The molecule has 1 heterocycles. The van der Waals surface area contributed by atoms with E-state index in [0.29, 0.717) is 17.5 Å². The smallest absolute Gasteiger partial charge is 0.307 e. The summed E-state index contributed by atoms with van der Waals surface area (Å²) in [6.07, 6.45) is 1.46. The first-order valence-electron chi connectivity index (χ1n) is 7.02. The molecule has 0 amide bonds. The molecule has 1 aromatic heterocycles. The predicted molar refractivity (Wildman–Crippen MR) is 84.3 cm³/mol. The Kier molecular flexibility index (Phi) is 3.74. The molecule has 3 aromatic rings. The molecule has 4 heteroatoms. The Morgan fingerprint density at radius 2 is 1.86 bits per heavy atom. The minimum atomic E-state index is -0.869. The predicted octanol–water partition coefficient (Wildman–Crippen LogP) is 3.20. The van der Waals surface area contributed by atoms with E-state index in [2.05, 4.69) is 4.98 Å². The van der Waals surface area contributed by atoms with E-state index in [9.17, 15) is 9.59 Å². The number of H-pyrrole nitrogens is 1. The number of aldehydes is 1. The van der Waals surface area contributed by atoms with Gasteiger partial charge in [0.15, 0.2) is 6.29 Å². The van der Waals surface area contributed by atoms with Gasteiger partial charge in [-0.1, -0.05) is 42.5 Å². The molecule has 22 heavy (non-hydrogen) atoms. The van der Waals surface area contributed by atoms with Gasteiger partial charge in [0, 0.05) is 28.6 Å². The van der Waals surface area contributed by atoms with Gasteiger partial charge in [0.25, 0.3) is 0 Å². The molecule has 110 valence electrons. The van der Waals surface area contributed by atoms with Crippen LogP contribution in [0.4, 0.5) is 0 Å². The monoisotopic (exact) mass is 293 g/mol. The highest BCUT2D eigenvalue weighted by atomic mass is 16.4. The number of carbonyl (C=O) groups excluding carboxylic acids is 1. The lowest BCUT2D eigenvalue weighted by atomic mass is 10.0. The number of aromatic nitrogens is 1. The Bertz CT molecular complexity index is 834. The summed E-state index contributed by atoms with van der Waals surface area (Å²) in [5, 5.41) is 9.70. The van der Waals surface area contributed by atoms with Crippen LogP contribution < -0.4 is 0 Å². The zero-order valence-corrected chi connectivity index (χ0v) is 11.9. The van der Waals surface area contributed by atoms with Crippen molar-refractivity contribution in [1.29, 1.82) is 0 Å². The van der Waals surface area contributed by atoms with Gasteiger partial charge in [0.1, 0.15) is 0 Å². The van der Waals surface area contributed by atoms with Crippen molar-refractivity contribution in [1.82, 2.24) is 4.98 Å². The second-order valence-corrected chi connectivity index (χ2v) is 5.25. The molecule has 0 aliphatic rings. The average molecular weight is 293 g/mol. The van der Waals surface area contributed by atoms with Crippen molar-refractivity contribution in [3.63, 3.8) is 0 Å². The van der Waals surface area contributed by atoms with Crippen LogP contribution in [0.25, 0.3) is 10.9 Å². The van der Waals surface area contributed by atoms with Crippen LogP contribution in [-0.2, 0) is 17.6 Å². The van der Waals surface area contributed by atoms with Crippen molar-refractivity contribution >= 4 is 23.2 Å². The van der Waals surface area contributed by atoms with Crippen molar-refractivity contribution in [2.75, 3.05) is 0 Å². The third-order valence-corrected chi connectivity index (χ3v) is 3.68. The molecule has 0 aliphatic heterocycles. The first-order chi connectivity index (χ1) is 10.7. The molecule has 0 fully saturated rings. The summed E-state index contributed by atoms with van der Waals surface area (Å²) >= 11 is 0. The van der Waals surface area contributed by atoms with E-state index < -0.39 is 5.97 Å². The summed E-state index contributed by atoms with van der Waals surface area (Å²) in [6, 6.07) is 15.3. The van der Waals surface area contributed by atoms with Gasteiger partial charge in [-0.15, -0.1) is 0 Å². The number of nitrogens with one attached hydrogen (secondary N) is 1. The molecular formula is C18H15NO3. The first kappa shape index (κ1) is 14.1. The van der Waals surface area contributed by atoms with E-state index in [1.54, 1.807) is 12.1 Å². The Balaban J connectivity index is 2.03. The molecule has 2 N–H and O–H groups in total. The topological polar surface area (TPSA) is 70.2 Å². The van der Waals surface area contributed by atoms with Gasteiger partial charge in [-0.25, -0.2) is 0 Å². The second kappa shape index (κ2) is 5.85. The van der Waals surface area contributed by atoms with Crippen molar-refractivity contribution in [2.45, 2.75) is 12.8 Å². The minimum Gasteiger partial charge on any atom is -0.481 e. The van der Waals surface area contributed by atoms with E-state index in [1.165, 1.54) is 0 Å². The summed E-state index contributed by atoms with van der Waals surface area (Å²) < 4.78 is 0. The van der Waals surface area contributed by atoms with Gasteiger partial charge < -0.3 is 10.1 Å². The number of carbonyl (C=O) groups is 2. The number of aliphatic carboxylic acids is 1. The summed E-state index contributed by atoms with van der Waals surface area (Å²) in [5.41, 5.74) is 4.11. The van der Waals surface area contributed by atoms with Crippen molar-refractivity contribution in [3.8, 4) is 0 Å². The summed E-state index contributed by atoms with van der Waals surface area (Å²) in [5.74, 6) is -0.869. The SMILES string of the molecule is O=Cc1c(Cc2ccccc2)[nH]c2cc(CC(=O)O)ccc12. The van der Waals surface area contributed by atoms with Crippen molar-refractivity contribution in [3.05, 3.63) is 70.9 Å². The van der Waals surface area contributed by atoms with Gasteiger partial charge >= 0.3 is 5.97 Å². The lowest BCUT2D eigenvalue weighted by Gasteiger charge is -1.99. The summed E-state index contributed by atoms with van der Waals surface area (Å²) in [4.78, 5) is 25.5. The van der Waals surface area contributed by atoms with Crippen LogP contribution in [-0.4, -0.2) is 22.3 Å². The quantitative estimate of drug-likeness (QED) is 0.710. The van der Waals surface area contributed by atoms with E-state index in [-0.39, 0.29) is 6.42 Å².